The van der Waals surface area contributed by atoms with Crippen LogP contribution in [0.4, 0.5) is 0 Å². The van der Waals surface area contributed by atoms with Crippen molar-refractivity contribution in [3.8, 4) is 0 Å². The van der Waals surface area contributed by atoms with Crippen LogP contribution >= 0.6 is 0 Å². The molecule has 2 rings (SSSR count). The predicted molar refractivity (Wildman–Crippen MR) is 54.4 cm³/mol. The van der Waals surface area contributed by atoms with Gasteiger partial charge in [0, 0.05) is 0 Å². The Kier molecular flexibility index (Phi) is 2.03. The Hall–Kier alpha value is -0.300. The molecule has 1 N–H and O–H groups in total. The smallest absolute Gasteiger partial charge is 0.0695 e. The number of aliphatic hydroxyl groups is 1. The second-order valence-corrected chi connectivity index (χ2v) is 5.29. The standard InChI is InChI=1S/C12H20O/c1-8(13)6-11-9-4-5-10(7-9)12(11,2)3/h6,8-10,13H,4-5,7H2,1-3H3/b11-6-. The molecule has 2 bridgehead atoms. The first-order chi connectivity index (χ1) is 6.01. The van der Waals surface area contributed by atoms with Crippen molar-refractivity contribution in [3.05, 3.63) is 11.6 Å². The fourth-order valence-corrected chi connectivity index (χ4v) is 3.29. The molecule has 1 nitrogen and oxygen atoms in total. The third kappa shape index (κ3) is 1.34. The van der Waals surface area contributed by atoms with E-state index in [0.29, 0.717) is 5.41 Å². The highest BCUT2D eigenvalue weighted by Crippen LogP contribution is 2.58. The molecule has 74 valence electrons. The quantitative estimate of drug-likeness (QED) is 0.615. The van der Waals surface area contributed by atoms with Crippen LogP contribution in [0.2, 0.25) is 0 Å². The van der Waals surface area contributed by atoms with Gasteiger partial charge >= 0.3 is 0 Å². The van der Waals surface area contributed by atoms with Gasteiger partial charge in [0.1, 0.15) is 0 Å². The minimum atomic E-state index is -0.270. The first-order valence-electron chi connectivity index (χ1n) is 5.42. The Bertz CT molecular complexity index is 238. The molecule has 0 aliphatic heterocycles. The predicted octanol–water partition coefficient (Wildman–Crippen LogP) is 2.75. The average molecular weight is 180 g/mol. The van der Waals surface area contributed by atoms with E-state index in [-0.39, 0.29) is 6.10 Å². The molecule has 1 heteroatoms. The van der Waals surface area contributed by atoms with Crippen LogP contribution < -0.4 is 0 Å². The number of allylic oxidation sites excluding steroid dienone is 1. The zero-order chi connectivity index (χ0) is 9.64. The van der Waals surface area contributed by atoms with Gasteiger partial charge in [-0.2, -0.15) is 0 Å². The zero-order valence-electron chi connectivity index (χ0n) is 8.88. The lowest BCUT2D eigenvalue weighted by molar-refractivity contribution is 0.233. The SMILES string of the molecule is CC(O)/C=C1/C2CCC(C2)C1(C)C. The number of aliphatic hydroxyl groups excluding tert-OH is 1. The second kappa shape index (κ2) is 2.84. The number of fused-ring (bicyclic) bond motifs is 2. The Labute approximate surface area is 80.8 Å². The van der Waals surface area contributed by atoms with Gasteiger partial charge in [0.15, 0.2) is 0 Å². The molecule has 2 fully saturated rings. The summed E-state index contributed by atoms with van der Waals surface area (Å²) in [5.41, 5.74) is 1.89. The topological polar surface area (TPSA) is 20.2 Å². The van der Waals surface area contributed by atoms with Crippen LogP contribution in [0.1, 0.15) is 40.0 Å². The maximum absolute atomic E-state index is 9.40. The fourth-order valence-electron chi connectivity index (χ4n) is 3.29. The summed E-state index contributed by atoms with van der Waals surface area (Å²) in [6.07, 6.45) is 5.94. The van der Waals surface area contributed by atoms with Crippen molar-refractivity contribution in [2.24, 2.45) is 17.3 Å². The molecule has 0 aromatic rings. The molecule has 3 unspecified atom stereocenters. The van der Waals surface area contributed by atoms with Gasteiger partial charge in [-0.25, -0.2) is 0 Å². The van der Waals surface area contributed by atoms with E-state index < -0.39 is 0 Å². The summed E-state index contributed by atoms with van der Waals surface area (Å²) in [5.74, 6) is 1.66. The van der Waals surface area contributed by atoms with Gasteiger partial charge in [-0.05, 0) is 43.4 Å². The van der Waals surface area contributed by atoms with Crippen molar-refractivity contribution < 1.29 is 5.11 Å². The van der Waals surface area contributed by atoms with Gasteiger partial charge < -0.3 is 5.11 Å². The highest BCUT2D eigenvalue weighted by molar-refractivity contribution is 5.26. The highest BCUT2D eigenvalue weighted by atomic mass is 16.3. The van der Waals surface area contributed by atoms with Crippen molar-refractivity contribution >= 4 is 0 Å². The summed E-state index contributed by atoms with van der Waals surface area (Å²) in [6, 6.07) is 0. The molecule has 2 aliphatic rings. The Morgan fingerprint density at radius 2 is 2.15 bits per heavy atom. The van der Waals surface area contributed by atoms with E-state index in [2.05, 4.69) is 19.9 Å². The Balaban J connectivity index is 2.28. The average Bonchev–Trinajstić information content (AvgIpc) is 2.53. The van der Waals surface area contributed by atoms with Crippen LogP contribution in [0, 0.1) is 17.3 Å². The van der Waals surface area contributed by atoms with Crippen molar-refractivity contribution in [1.29, 1.82) is 0 Å². The second-order valence-electron chi connectivity index (χ2n) is 5.29. The maximum Gasteiger partial charge on any atom is 0.0695 e. The third-order valence-corrected chi connectivity index (χ3v) is 4.06. The van der Waals surface area contributed by atoms with E-state index in [1.807, 2.05) is 6.92 Å². The summed E-state index contributed by atoms with van der Waals surface area (Å²) in [6.45, 7) is 6.53. The molecule has 13 heavy (non-hydrogen) atoms. The van der Waals surface area contributed by atoms with Gasteiger partial charge in [0.2, 0.25) is 0 Å². The normalized spacial score (nSPS) is 41.4. The van der Waals surface area contributed by atoms with E-state index in [0.717, 1.165) is 11.8 Å². The summed E-state index contributed by atoms with van der Waals surface area (Å²) in [4.78, 5) is 0. The Morgan fingerprint density at radius 1 is 1.46 bits per heavy atom. The van der Waals surface area contributed by atoms with E-state index in [1.165, 1.54) is 24.8 Å². The number of hydrogen-bond donors (Lipinski definition) is 1. The molecule has 0 aromatic carbocycles. The molecule has 3 atom stereocenters. The molecule has 2 aliphatic carbocycles. The van der Waals surface area contributed by atoms with Gasteiger partial charge in [0.05, 0.1) is 6.10 Å². The molecule has 0 spiro atoms. The van der Waals surface area contributed by atoms with Crippen LogP contribution in [0.25, 0.3) is 0 Å². The van der Waals surface area contributed by atoms with Gasteiger partial charge in [-0.15, -0.1) is 0 Å². The van der Waals surface area contributed by atoms with Crippen molar-refractivity contribution in [1.82, 2.24) is 0 Å². The largest absolute Gasteiger partial charge is 0.389 e. The monoisotopic (exact) mass is 180 g/mol. The minimum Gasteiger partial charge on any atom is -0.389 e. The molecular weight excluding hydrogens is 160 g/mol. The van der Waals surface area contributed by atoms with Crippen LogP contribution in [0.3, 0.4) is 0 Å². The first kappa shape index (κ1) is 9.26. The highest BCUT2D eigenvalue weighted by Gasteiger charge is 2.48. The van der Waals surface area contributed by atoms with E-state index in [9.17, 15) is 5.11 Å². The van der Waals surface area contributed by atoms with Crippen molar-refractivity contribution in [2.75, 3.05) is 0 Å². The van der Waals surface area contributed by atoms with Crippen LogP contribution in [-0.2, 0) is 0 Å². The zero-order valence-corrected chi connectivity index (χ0v) is 8.88. The van der Waals surface area contributed by atoms with Gasteiger partial charge in [-0.3, -0.25) is 0 Å². The summed E-state index contributed by atoms with van der Waals surface area (Å²) < 4.78 is 0. The molecule has 0 heterocycles. The summed E-state index contributed by atoms with van der Waals surface area (Å²) >= 11 is 0. The van der Waals surface area contributed by atoms with Crippen LogP contribution in [-0.4, -0.2) is 11.2 Å². The van der Waals surface area contributed by atoms with Crippen LogP contribution in [0.5, 0.6) is 0 Å². The molecule has 0 radical (unpaired) electrons. The van der Waals surface area contributed by atoms with Gasteiger partial charge in [0.25, 0.3) is 0 Å². The number of hydrogen-bond acceptors (Lipinski definition) is 1. The van der Waals surface area contributed by atoms with Crippen molar-refractivity contribution in [3.63, 3.8) is 0 Å². The van der Waals surface area contributed by atoms with E-state index >= 15 is 0 Å². The van der Waals surface area contributed by atoms with Gasteiger partial charge in [-0.1, -0.05) is 25.5 Å². The minimum absolute atomic E-state index is 0.270. The number of rotatable bonds is 1. The fraction of sp³-hybridized carbons (Fsp3) is 0.833. The molecule has 0 aromatic heterocycles. The first-order valence-corrected chi connectivity index (χ1v) is 5.42. The maximum atomic E-state index is 9.40. The lowest BCUT2D eigenvalue weighted by Crippen LogP contribution is -2.23. The summed E-state index contributed by atoms with van der Waals surface area (Å²) in [5, 5.41) is 9.40. The lowest BCUT2D eigenvalue weighted by atomic mass is 9.72. The molecule has 0 amide bonds. The third-order valence-electron chi connectivity index (χ3n) is 4.06. The molecule has 2 saturated carbocycles. The van der Waals surface area contributed by atoms with E-state index in [4.69, 9.17) is 0 Å². The van der Waals surface area contributed by atoms with Crippen LogP contribution in [0.15, 0.2) is 11.6 Å². The summed E-state index contributed by atoms with van der Waals surface area (Å²) in [7, 11) is 0. The molecular formula is C12H20O. The Morgan fingerprint density at radius 3 is 2.62 bits per heavy atom. The van der Waals surface area contributed by atoms with E-state index in [1.54, 1.807) is 0 Å². The molecule has 0 saturated heterocycles. The lowest BCUT2D eigenvalue weighted by Gasteiger charge is -2.33. The van der Waals surface area contributed by atoms with Crippen molar-refractivity contribution in [2.45, 2.75) is 46.1 Å².